The molecule has 0 amide bonds. The second kappa shape index (κ2) is 5.08. The third-order valence-electron chi connectivity index (χ3n) is 1.52. The number of aliphatic hydroxyl groups is 2. The van der Waals surface area contributed by atoms with Crippen LogP contribution < -0.4 is 10.7 Å². The van der Waals surface area contributed by atoms with Crippen LogP contribution in [0.15, 0.2) is 41.9 Å². The van der Waals surface area contributed by atoms with Crippen LogP contribution >= 0.6 is 0 Å². The highest BCUT2D eigenvalue weighted by Crippen LogP contribution is 1.94. The van der Waals surface area contributed by atoms with Gasteiger partial charge in [-0.2, -0.15) is 5.10 Å². The molecule has 5 nitrogen and oxygen atoms in total. The van der Waals surface area contributed by atoms with Crippen molar-refractivity contribution in [3.63, 3.8) is 0 Å². The van der Waals surface area contributed by atoms with Crippen LogP contribution in [0.5, 0.6) is 0 Å². The van der Waals surface area contributed by atoms with Crippen LogP contribution in [0.2, 0.25) is 0 Å². The van der Waals surface area contributed by atoms with Gasteiger partial charge in [-0.1, -0.05) is 12.7 Å². The molecular formula is C9H13N3O2. The molecule has 1 aliphatic rings. The molecule has 5 heteroatoms. The van der Waals surface area contributed by atoms with Gasteiger partial charge in [-0.15, -0.1) is 0 Å². The summed E-state index contributed by atoms with van der Waals surface area (Å²) in [5.74, 6) is 0.00177. The average molecular weight is 195 g/mol. The van der Waals surface area contributed by atoms with Gasteiger partial charge >= 0.3 is 0 Å². The Morgan fingerprint density at radius 2 is 2.57 bits per heavy atom. The molecule has 0 aromatic rings. The van der Waals surface area contributed by atoms with Gasteiger partial charge in [0.15, 0.2) is 6.23 Å². The number of nitrogens with zero attached hydrogens (tertiary/aromatic N) is 1. The largest absolute Gasteiger partial charge is 0.509 e. The Kier molecular flexibility index (Phi) is 3.75. The van der Waals surface area contributed by atoms with Crippen molar-refractivity contribution in [2.75, 3.05) is 6.54 Å². The summed E-state index contributed by atoms with van der Waals surface area (Å²) >= 11 is 0. The summed E-state index contributed by atoms with van der Waals surface area (Å²) < 4.78 is 0. The van der Waals surface area contributed by atoms with Gasteiger partial charge in [0.1, 0.15) is 11.5 Å². The quantitative estimate of drug-likeness (QED) is 0.220. The maximum absolute atomic E-state index is 9.22. The maximum atomic E-state index is 9.22. The Hall–Kier alpha value is -1.75. The summed E-state index contributed by atoms with van der Waals surface area (Å²) in [5.41, 5.74) is 3.24. The lowest BCUT2D eigenvalue weighted by Gasteiger charge is -2.03. The van der Waals surface area contributed by atoms with Gasteiger partial charge in [0.05, 0.1) is 6.54 Å². The lowest BCUT2D eigenvalue weighted by molar-refractivity contribution is 0.226. The second-order valence-corrected chi connectivity index (χ2v) is 2.70. The van der Waals surface area contributed by atoms with Crippen molar-refractivity contribution in [2.24, 2.45) is 5.10 Å². The smallest absolute Gasteiger partial charge is 0.169 e. The molecule has 1 heterocycles. The van der Waals surface area contributed by atoms with E-state index >= 15 is 0 Å². The zero-order valence-electron chi connectivity index (χ0n) is 7.64. The van der Waals surface area contributed by atoms with Crippen molar-refractivity contribution in [1.29, 1.82) is 0 Å². The molecule has 0 aromatic carbocycles. The first-order valence-corrected chi connectivity index (χ1v) is 4.15. The minimum Gasteiger partial charge on any atom is -0.509 e. The van der Waals surface area contributed by atoms with E-state index in [0.29, 0.717) is 12.3 Å². The maximum Gasteiger partial charge on any atom is 0.169 e. The fourth-order valence-corrected chi connectivity index (χ4v) is 0.884. The van der Waals surface area contributed by atoms with Crippen LogP contribution in [0.25, 0.3) is 0 Å². The van der Waals surface area contributed by atoms with E-state index in [1.807, 2.05) is 0 Å². The molecule has 0 radical (unpaired) electrons. The normalized spacial score (nSPS) is 22.9. The Morgan fingerprint density at radius 3 is 3.14 bits per heavy atom. The SMILES string of the molecule is C=C(O)/C=C\CN/N=C1/C=CNC1O. The van der Waals surface area contributed by atoms with Crippen LogP contribution in [0.1, 0.15) is 0 Å². The van der Waals surface area contributed by atoms with Crippen molar-refractivity contribution in [3.8, 4) is 0 Å². The standard InChI is InChI=1S/C9H13N3O2/c1-7(13)3-2-5-11-12-8-4-6-10-9(8)14/h2-4,6,9-11,13-14H,1,5H2/b3-2-,12-8-. The average Bonchev–Trinajstić information content (AvgIpc) is 2.51. The van der Waals surface area contributed by atoms with E-state index in [9.17, 15) is 5.11 Å². The zero-order valence-corrected chi connectivity index (χ0v) is 7.64. The van der Waals surface area contributed by atoms with Crippen molar-refractivity contribution in [2.45, 2.75) is 6.23 Å². The molecule has 1 atom stereocenters. The van der Waals surface area contributed by atoms with Crippen molar-refractivity contribution in [1.82, 2.24) is 10.7 Å². The fraction of sp³-hybridized carbons (Fsp3) is 0.222. The summed E-state index contributed by atoms with van der Waals surface area (Å²) in [7, 11) is 0. The lowest BCUT2D eigenvalue weighted by atomic mass is 10.4. The van der Waals surface area contributed by atoms with E-state index in [-0.39, 0.29) is 5.76 Å². The van der Waals surface area contributed by atoms with Gasteiger partial charge in [-0.25, -0.2) is 0 Å². The van der Waals surface area contributed by atoms with E-state index in [1.54, 1.807) is 18.4 Å². The molecule has 1 unspecified atom stereocenters. The first-order valence-electron chi connectivity index (χ1n) is 4.15. The van der Waals surface area contributed by atoms with Crippen LogP contribution in [0.3, 0.4) is 0 Å². The van der Waals surface area contributed by atoms with E-state index in [4.69, 9.17) is 5.11 Å². The molecule has 0 fully saturated rings. The van der Waals surface area contributed by atoms with Crippen molar-refractivity contribution in [3.05, 3.63) is 36.8 Å². The van der Waals surface area contributed by atoms with Crippen LogP contribution in [0, 0.1) is 0 Å². The van der Waals surface area contributed by atoms with Crippen molar-refractivity contribution >= 4 is 5.71 Å². The van der Waals surface area contributed by atoms with E-state index in [1.165, 1.54) is 6.08 Å². The highest BCUT2D eigenvalue weighted by atomic mass is 16.3. The van der Waals surface area contributed by atoms with Gasteiger partial charge in [-0.05, 0) is 12.2 Å². The van der Waals surface area contributed by atoms with E-state index in [0.717, 1.165) is 0 Å². The summed E-state index contributed by atoms with van der Waals surface area (Å²) in [6, 6.07) is 0. The molecule has 0 saturated heterocycles. The summed E-state index contributed by atoms with van der Waals surface area (Å²) in [6.45, 7) is 3.75. The second-order valence-electron chi connectivity index (χ2n) is 2.70. The molecule has 14 heavy (non-hydrogen) atoms. The minimum absolute atomic E-state index is 0.00177. The predicted octanol–water partition coefficient (Wildman–Crippen LogP) is -0.00480. The lowest BCUT2D eigenvalue weighted by Crippen LogP contribution is -2.27. The number of allylic oxidation sites excluding steroid dienone is 1. The van der Waals surface area contributed by atoms with Crippen LogP contribution in [-0.4, -0.2) is 28.7 Å². The van der Waals surface area contributed by atoms with Gasteiger partial charge in [0, 0.05) is 6.20 Å². The van der Waals surface area contributed by atoms with Gasteiger partial charge in [0.2, 0.25) is 0 Å². The molecule has 0 bridgehead atoms. The minimum atomic E-state index is -0.737. The summed E-state index contributed by atoms with van der Waals surface area (Å²) in [5, 5.41) is 24.5. The Morgan fingerprint density at radius 1 is 1.79 bits per heavy atom. The van der Waals surface area contributed by atoms with Gasteiger partial charge < -0.3 is 21.0 Å². The molecular weight excluding hydrogens is 182 g/mol. The Balaban J connectivity index is 2.26. The highest BCUT2D eigenvalue weighted by molar-refractivity contribution is 5.99. The molecule has 4 N–H and O–H groups in total. The molecule has 0 saturated carbocycles. The number of nitrogens with one attached hydrogen (secondary N) is 2. The van der Waals surface area contributed by atoms with Gasteiger partial charge in [-0.3, -0.25) is 0 Å². The van der Waals surface area contributed by atoms with Gasteiger partial charge in [0.25, 0.3) is 0 Å². The molecule has 0 spiro atoms. The molecule has 0 aromatic heterocycles. The number of hydrogen-bond donors (Lipinski definition) is 4. The molecule has 1 rings (SSSR count). The fourth-order valence-electron chi connectivity index (χ4n) is 0.884. The summed E-state index contributed by atoms with van der Waals surface area (Å²) in [6.07, 6.45) is 5.69. The van der Waals surface area contributed by atoms with Crippen molar-refractivity contribution < 1.29 is 10.2 Å². The first kappa shape index (κ1) is 10.3. The molecule has 76 valence electrons. The van der Waals surface area contributed by atoms with Crippen LogP contribution in [0.4, 0.5) is 0 Å². The molecule has 0 aliphatic carbocycles. The Bertz CT molecular complexity index is 294. The number of hydrogen-bond acceptors (Lipinski definition) is 5. The van der Waals surface area contributed by atoms with E-state index in [2.05, 4.69) is 22.4 Å². The monoisotopic (exact) mass is 195 g/mol. The number of rotatable bonds is 4. The van der Waals surface area contributed by atoms with Crippen LogP contribution in [-0.2, 0) is 0 Å². The van der Waals surface area contributed by atoms with E-state index < -0.39 is 6.23 Å². The predicted molar refractivity (Wildman–Crippen MR) is 54.6 cm³/mol. The Labute approximate surface area is 82.1 Å². The third-order valence-corrected chi connectivity index (χ3v) is 1.52. The molecule has 1 aliphatic heterocycles. The topological polar surface area (TPSA) is 76.9 Å². The number of hydrazone groups is 1. The highest BCUT2D eigenvalue weighted by Gasteiger charge is 2.12. The zero-order chi connectivity index (χ0) is 10.4. The third kappa shape index (κ3) is 3.32. The summed E-state index contributed by atoms with van der Waals surface area (Å²) in [4.78, 5) is 0. The number of aliphatic hydroxyl groups excluding tert-OH is 2. The first-order chi connectivity index (χ1) is 6.70.